The maximum atomic E-state index is 2.18. The van der Waals surface area contributed by atoms with Crippen LogP contribution >= 0.6 is 0 Å². The fourth-order valence-electron chi connectivity index (χ4n) is 3.91. The molecule has 6 aromatic rings. The number of rotatable bonds is 0. The van der Waals surface area contributed by atoms with Gasteiger partial charge in [-0.25, -0.2) is 0 Å². The fourth-order valence-corrected chi connectivity index (χ4v) is 3.91. The van der Waals surface area contributed by atoms with Crippen molar-refractivity contribution in [2.45, 2.75) is 13.8 Å². The van der Waals surface area contributed by atoms with Gasteiger partial charge in [0.2, 0.25) is 0 Å². The molecule has 146 valence electrons. The van der Waals surface area contributed by atoms with Crippen LogP contribution < -0.4 is 0 Å². The third kappa shape index (κ3) is 3.90. The van der Waals surface area contributed by atoms with Crippen molar-refractivity contribution in [2.24, 2.45) is 0 Å². The van der Waals surface area contributed by atoms with Crippen LogP contribution in [0.15, 0.2) is 121 Å². The number of hydrogen-bond donors (Lipinski definition) is 0. The van der Waals surface area contributed by atoms with Gasteiger partial charge in [-0.3, -0.25) is 0 Å². The molecular formula is C30H26. The zero-order valence-electron chi connectivity index (χ0n) is 17.5. The summed E-state index contributed by atoms with van der Waals surface area (Å²) in [5.74, 6) is 0. The molecule has 6 aromatic carbocycles. The second-order valence-corrected chi connectivity index (χ2v) is 7.02. The molecule has 0 unspecified atom stereocenters. The zero-order chi connectivity index (χ0) is 20.8. The zero-order valence-corrected chi connectivity index (χ0v) is 17.5. The average molecular weight is 387 g/mol. The molecule has 0 radical (unpaired) electrons. The van der Waals surface area contributed by atoms with Gasteiger partial charge in [0.15, 0.2) is 0 Å². The first-order chi connectivity index (χ1) is 14.9. The maximum absolute atomic E-state index is 2.18. The summed E-state index contributed by atoms with van der Waals surface area (Å²) in [6, 6.07) is 42.7. The van der Waals surface area contributed by atoms with E-state index in [0.717, 1.165) is 0 Å². The van der Waals surface area contributed by atoms with E-state index in [9.17, 15) is 0 Å². The summed E-state index contributed by atoms with van der Waals surface area (Å²) in [5.41, 5.74) is 0. The highest BCUT2D eigenvalue weighted by Gasteiger charge is 1.98. The lowest BCUT2D eigenvalue weighted by molar-refractivity contribution is 1.50. The standard InChI is InChI=1S/2C14H10.C2H6/c2*1-3-7-13-11(5-1)9-10-12-6-2-4-8-14(12)13;1-2/h2*1-10H;1-2H3. The molecular weight excluding hydrogens is 360 g/mol. The Labute approximate surface area is 178 Å². The summed E-state index contributed by atoms with van der Waals surface area (Å²) in [6.07, 6.45) is 0. The lowest BCUT2D eigenvalue weighted by Gasteiger charge is -2.02. The third-order valence-electron chi connectivity index (χ3n) is 5.31. The van der Waals surface area contributed by atoms with Crippen LogP contribution in [0.4, 0.5) is 0 Å². The van der Waals surface area contributed by atoms with Crippen LogP contribution in [0, 0.1) is 0 Å². The van der Waals surface area contributed by atoms with E-state index in [4.69, 9.17) is 0 Å². The van der Waals surface area contributed by atoms with E-state index in [0.29, 0.717) is 0 Å². The Kier molecular flexibility index (Phi) is 6.06. The third-order valence-corrected chi connectivity index (χ3v) is 5.31. The van der Waals surface area contributed by atoms with Gasteiger partial charge in [-0.05, 0) is 43.1 Å². The molecule has 0 atom stereocenters. The van der Waals surface area contributed by atoms with Crippen molar-refractivity contribution >= 4 is 43.1 Å². The molecule has 0 nitrogen and oxygen atoms in total. The first kappa shape index (κ1) is 19.7. The predicted molar refractivity (Wildman–Crippen MR) is 134 cm³/mol. The molecule has 0 heterocycles. The summed E-state index contributed by atoms with van der Waals surface area (Å²) >= 11 is 0. The van der Waals surface area contributed by atoms with E-state index in [2.05, 4.69) is 121 Å². The molecule has 0 N–H and O–H groups in total. The Bertz CT molecular complexity index is 1190. The van der Waals surface area contributed by atoms with Crippen LogP contribution in [-0.4, -0.2) is 0 Å². The van der Waals surface area contributed by atoms with Crippen molar-refractivity contribution in [3.63, 3.8) is 0 Å². The van der Waals surface area contributed by atoms with Gasteiger partial charge in [-0.1, -0.05) is 135 Å². The van der Waals surface area contributed by atoms with Gasteiger partial charge in [-0.15, -0.1) is 0 Å². The van der Waals surface area contributed by atoms with Gasteiger partial charge in [0, 0.05) is 0 Å². The minimum Gasteiger partial charge on any atom is -0.0683 e. The molecule has 0 aromatic heterocycles. The van der Waals surface area contributed by atoms with Crippen molar-refractivity contribution in [1.82, 2.24) is 0 Å². The average Bonchev–Trinajstić information content (AvgIpc) is 2.85. The van der Waals surface area contributed by atoms with Gasteiger partial charge in [0.05, 0.1) is 0 Å². The molecule has 6 rings (SSSR count). The highest BCUT2D eigenvalue weighted by atomic mass is 14.0. The molecule has 0 bridgehead atoms. The van der Waals surface area contributed by atoms with E-state index < -0.39 is 0 Å². The number of benzene rings is 6. The normalized spacial score (nSPS) is 10.3. The van der Waals surface area contributed by atoms with E-state index >= 15 is 0 Å². The van der Waals surface area contributed by atoms with E-state index in [1.54, 1.807) is 0 Å². The Morgan fingerprint density at radius 3 is 0.700 bits per heavy atom. The number of hydrogen-bond acceptors (Lipinski definition) is 0. The first-order valence-corrected chi connectivity index (χ1v) is 10.6. The topological polar surface area (TPSA) is 0 Å². The highest BCUT2D eigenvalue weighted by molar-refractivity contribution is 6.08. The lowest BCUT2D eigenvalue weighted by atomic mass is 10.0. The molecule has 0 saturated heterocycles. The Balaban J connectivity index is 0.000000134. The van der Waals surface area contributed by atoms with Crippen molar-refractivity contribution in [1.29, 1.82) is 0 Å². The maximum Gasteiger partial charge on any atom is -0.0105 e. The smallest absolute Gasteiger partial charge is 0.0105 e. The van der Waals surface area contributed by atoms with Crippen molar-refractivity contribution in [3.05, 3.63) is 121 Å². The largest absolute Gasteiger partial charge is 0.0683 e. The van der Waals surface area contributed by atoms with Crippen LogP contribution in [0.2, 0.25) is 0 Å². The van der Waals surface area contributed by atoms with Gasteiger partial charge in [0.25, 0.3) is 0 Å². The molecule has 30 heavy (non-hydrogen) atoms. The quantitative estimate of drug-likeness (QED) is 0.228. The van der Waals surface area contributed by atoms with Gasteiger partial charge in [-0.2, -0.15) is 0 Å². The van der Waals surface area contributed by atoms with Crippen LogP contribution in [0.1, 0.15) is 13.8 Å². The molecule has 0 saturated carbocycles. The summed E-state index contributed by atoms with van der Waals surface area (Å²) in [7, 11) is 0. The van der Waals surface area contributed by atoms with Crippen LogP contribution in [-0.2, 0) is 0 Å². The van der Waals surface area contributed by atoms with Crippen LogP contribution in [0.5, 0.6) is 0 Å². The summed E-state index contributed by atoms with van der Waals surface area (Å²) < 4.78 is 0. The van der Waals surface area contributed by atoms with Crippen LogP contribution in [0.3, 0.4) is 0 Å². The first-order valence-electron chi connectivity index (χ1n) is 10.6. The highest BCUT2D eigenvalue weighted by Crippen LogP contribution is 2.25. The minimum absolute atomic E-state index is 1.31. The van der Waals surface area contributed by atoms with Gasteiger partial charge >= 0.3 is 0 Å². The van der Waals surface area contributed by atoms with E-state index in [1.165, 1.54) is 43.1 Å². The minimum atomic E-state index is 1.31. The predicted octanol–water partition coefficient (Wildman–Crippen LogP) is 9.01. The van der Waals surface area contributed by atoms with E-state index in [1.807, 2.05) is 13.8 Å². The SMILES string of the molecule is CC.c1ccc2c(c1)ccc1ccccc12.c1ccc2c(c1)ccc1ccccc12. The van der Waals surface area contributed by atoms with Gasteiger partial charge < -0.3 is 0 Å². The molecule has 0 aliphatic carbocycles. The molecule has 0 aliphatic rings. The Morgan fingerprint density at radius 1 is 0.267 bits per heavy atom. The molecule has 0 aliphatic heterocycles. The summed E-state index contributed by atoms with van der Waals surface area (Å²) in [6.45, 7) is 4.00. The molecule has 0 amide bonds. The fraction of sp³-hybridized carbons (Fsp3) is 0.0667. The monoisotopic (exact) mass is 386 g/mol. The van der Waals surface area contributed by atoms with Crippen molar-refractivity contribution in [3.8, 4) is 0 Å². The number of fused-ring (bicyclic) bond motifs is 6. The summed E-state index contributed by atoms with van der Waals surface area (Å²) in [4.78, 5) is 0. The second kappa shape index (κ2) is 9.24. The molecule has 0 spiro atoms. The lowest BCUT2D eigenvalue weighted by Crippen LogP contribution is -1.75. The van der Waals surface area contributed by atoms with E-state index in [-0.39, 0.29) is 0 Å². The molecule has 0 heteroatoms. The second-order valence-electron chi connectivity index (χ2n) is 7.02. The van der Waals surface area contributed by atoms with Crippen LogP contribution in [0.25, 0.3) is 43.1 Å². The Hall–Kier alpha value is -3.64. The van der Waals surface area contributed by atoms with Crippen molar-refractivity contribution in [2.75, 3.05) is 0 Å². The van der Waals surface area contributed by atoms with Crippen molar-refractivity contribution < 1.29 is 0 Å². The Morgan fingerprint density at radius 2 is 0.467 bits per heavy atom. The summed E-state index contributed by atoms with van der Waals surface area (Å²) in [5, 5.41) is 10.6. The van der Waals surface area contributed by atoms with Gasteiger partial charge in [0.1, 0.15) is 0 Å². The molecule has 0 fully saturated rings.